The van der Waals surface area contributed by atoms with Gasteiger partial charge < -0.3 is 14.5 Å². The minimum absolute atomic E-state index is 0.172. The lowest BCUT2D eigenvalue weighted by Crippen LogP contribution is -2.33. The van der Waals surface area contributed by atoms with Crippen LogP contribution < -0.4 is 10.1 Å². The van der Waals surface area contributed by atoms with Crippen molar-refractivity contribution in [3.05, 3.63) is 101 Å². The predicted molar refractivity (Wildman–Crippen MR) is 113 cm³/mol. The smallest absolute Gasteiger partial charge is 0.258 e. The maximum Gasteiger partial charge on any atom is 0.258 e. The van der Waals surface area contributed by atoms with Gasteiger partial charge in [0, 0.05) is 10.6 Å². The predicted octanol–water partition coefficient (Wildman–Crippen LogP) is 4.81. The van der Waals surface area contributed by atoms with E-state index in [2.05, 4.69) is 15.5 Å². The maximum absolute atomic E-state index is 13.4. The summed E-state index contributed by atoms with van der Waals surface area (Å²) >= 11 is 5.85. The summed E-state index contributed by atoms with van der Waals surface area (Å²) in [6.45, 7) is -0.237. The number of amides is 1. The molecule has 0 aliphatic carbocycles. The normalized spacial score (nSPS) is 11.7. The number of rotatable bonds is 7. The number of hydrogen-bond acceptors (Lipinski definition) is 5. The number of aromatic nitrogens is 2. The highest BCUT2D eigenvalue weighted by Crippen LogP contribution is 2.25. The molecule has 1 N–H and O–H groups in total. The summed E-state index contributed by atoms with van der Waals surface area (Å²) in [5.74, 6) is 0.181. The van der Waals surface area contributed by atoms with Crippen molar-refractivity contribution < 1.29 is 18.3 Å². The number of hydrogen-bond donors (Lipinski definition) is 1. The number of carbonyl (C=O) groups is 1. The molecule has 1 aromatic heterocycles. The second-order valence-electron chi connectivity index (χ2n) is 6.61. The van der Waals surface area contributed by atoms with Crippen molar-refractivity contribution in [2.45, 2.75) is 6.04 Å². The molecule has 1 heterocycles. The fourth-order valence-corrected chi connectivity index (χ4v) is 3.00. The molecule has 0 spiro atoms. The van der Waals surface area contributed by atoms with Gasteiger partial charge in [0.2, 0.25) is 11.8 Å². The van der Waals surface area contributed by atoms with E-state index in [1.165, 1.54) is 12.1 Å². The molecule has 0 radical (unpaired) electrons. The van der Waals surface area contributed by atoms with E-state index in [0.717, 1.165) is 5.56 Å². The minimum Gasteiger partial charge on any atom is -0.484 e. The first-order valence-corrected chi connectivity index (χ1v) is 9.78. The van der Waals surface area contributed by atoms with E-state index in [1.54, 1.807) is 36.4 Å². The van der Waals surface area contributed by atoms with Crippen molar-refractivity contribution in [1.29, 1.82) is 0 Å². The quantitative estimate of drug-likeness (QED) is 0.449. The standard InChI is InChI=1S/C23H17ClFN3O3/c24-17-8-12-19(13-9-17)30-14-20(29)26-21(15-6-10-18(25)11-7-15)23-28-27-22(31-23)16-4-2-1-3-5-16/h1-13,21H,14H2,(H,26,29). The lowest BCUT2D eigenvalue weighted by molar-refractivity contribution is -0.123. The molecule has 0 fully saturated rings. The van der Waals surface area contributed by atoms with E-state index in [0.29, 0.717) is 22.2 Å². The van der Waals surface area contributed by atoms with Crippen molar-refractivity contribution in [3.8, 4) is 17.2 Å². The van der Waals surface area contributed by atoms with Crippen LogP contribution in [0, 0.1) is 5.82 Å². The van der Waals surface area contributed by atoms with Gasteiger partial charge in [-0.15, -0.1) is 10.2 Å². The van der Waals surface area contributed by atoms with Gasteiger partial charge in [0.15, 0.2) is 6.61 Å². The number of ether oxygens (including phenoxy) is 1. The van der Waals surface area contributed by atoms with Crippen molar-refractivity contribution in [2.24, 2.45) is 0 Å². The average Bonchev–Trinajstić information content (AvgIpc) is 3.28. The summed E-state index contributed by atoms with van der Waals surface area (Å²) in [6, 6.07) is 20.8. The molecule has 0 saturated carbocycles. The van der Waals surface area contributed by atoms with Gasteiger partial charge in [0.25, 0.3) is 5.91 Å². The molecule has 4 rings (SSSR count). The van der Waals surface area contributed by atoms with Crippen LogP contribution in [0.2, 0.25) is 5.02 Å². The Bertz CT molecular complexity index is 1150. The number of nitrogens with zero attached hydrogens (tertiary/aromatic N) is 2. The monoisotopic (exact) mass is 437 g/mol. The highest BCUT2D eigenvalue weighted by Gasteiger charge is 2.24. The molecule has 0 bridgehead atoms. The molecule has 3 aromatic carbocycles. The zero-order valence-corrected chi connectivity index (χ0v) is 16.9. The second-order valence-corrected chi connectivity index (χ2v) is 7.04. The van der Waals surface area contributed by atoms with Crippen molar-refractivity contribution in [3.63, 3.8) is 0 Å². The molecule has 0 aliphatic heterocycles. The summed E-state index contributed by atoms with van der Waals surface area (Å²) in [6.07, 6.45) is 0. The third-order valence-electron chi connectivity index (χ3n) is 4.40. The Hall–Kier alpha value is -3.71. The van der Waals surface area contributed by atoms with E-state index >= 15 is 0 Å². The van der Waals surface area contributed by atoms with Gasteiger partial charge in [-0.1, -0.05) is 41.9 Å². The van der Waals surface area contributed by atoms with E-state index in [1.807, 2.05) is 30.3 Å². The van der Waals surface area contributed by atoms with Crippen LogP contribution in [-0.2, 0) is 4.79 Å². The average molecular weight is 438 g/mol. The maximum atomic E-state index is 13.4. The van der Waals surface area contributed by atoms with Crippen molar-refractivity contribution in [1.82, 2.24) is 15.5 Å². The lowest BCUT2D eigenvalue weighted by atomic mass is 10.1. The molecule has 1 amide bonds. The Morgan fingerprint density at radius 2 is 1.71 bits per heavy atom. The fraction of sp³-hybridized carbons (Fsp3) is 0.0870. The summed E-state index contributed by atoms with van der Waals surface area (Å²) in [7, 11) is 0. The highest BCUT2D eigenvalue weighted by molar-refractivity contribution is 6.30. The third-order valence-corrected chi connectivity index (χ3v) is 4.65. The second kappa shape index (κ2) is 9.40. The van der Waals surface area contributed by atoms with Crippen LogP contribution in [0.5, 0.6) is 5.75 Å². The molecule has 1 unspecified atom stereocenters. The molecule has 0 saturated heterocycles. The van der Waals surface area contributed by atoms with Crippen LogP contribution in [-0.4, -0.2) is 22.7 Å². The summed E-state index contributed by atoms with van der Waals surface area (Å²) in [5.41, 5.74) is 1.33. The summed E-state index contributed by atoms with van der Waals surface area (Å²) in [5, 5.41) is 11.5. The largest absolute Gasteiger partial charge is 0.484 e. The van der Waals surface area contributed by atoms with E-state index < -0.39 is 17.8 Å². The van der Waals surface area contributed by atoms with E-state index in [4.69, 9.17) is 20.8 Å². The summed E-state index contributed by atoms with van der Waals surface area (Å²) in [4.78, 5) is 12.6. The Labute approximate surface area is 182 Å². The zero-order valence-electron chi connectivity index (χ0n) is 16.2. The van der Waals surface area contributed by atoms with Gasteiger partial charge in [0.05, 0.1) is 0 Å². The van der Waals surface area contributed by atoms with Gasteiger partial charge in [-0.25, -0.2) is 4.39 Å². The van der Waals surface area contributed by atoms with Gasteiger partial charge in [0.1, 0.15) is 17.6 Å². The summed E-state index contributed by atoms with van der Waals surface area (Å²) < 4.78 is 24.7. The van der Waals surface area contributed by atoms with Crippen LogP contribution in [0.1, 0.15) is 17.5 Å². The van der Waals surface area contributed by atoms with Crippen molar-refractivity contribution in [2.75, 3.05) is 6.61 Å². The van der Waals surface area contributed by atoms with Crippen LogP contribution in [0.4, 0.5) is 4.39 Å². The highest BCUT2D eigenvalue weighted by atomic mass is 35.5. The Morgan fingerprint density at radius 1 is 1.00 bits per heavy atom. The van der Waals surface area contributed by atoms with Crippen LogP contribution in [0.3, 0.4) is 0 Å². The molecule has 6 nitrogen and oxygen atoms in total. The molecule has 31 heavy (non-hydrogen) atoms. The number of benzene rings is 3. The Balaban J connectivity index is 1.53. The topological polar surface area (TPSA) is 77.2 Å². The number of carbonyl (C=O) groups excluding carboxylic acids is 1. The minimum atomic E-state index is -0.771. The first-order chi connectivity index (χ1) is 15.1. The first kappa shape index (κ1) is 20.6. The fourth-order valence-electron chi connectivity index (χ4n) is 2.87. The van der Waals surface area contributed by atoms with E-state index in [9.17, 15) is 9.18 Å². The molecular weight excluding hydrogens is 421 g/mol. The van der Waals surface area contributed by atoms with Gasteiger partial charge >= 0.3 is 0 Å². The van der Waals surface area contributed by atoms with Gasteiger partial charge in [-0.2, -0.15) is 0 Å². The van der Waals surface area contributed by atoms with Crippen LogP contribution >= 0.6 is 11.6 Å². The zero-order chi connectivity index (χ0) is 21.6. The number of nitrogens with one attached hydrogen (secondary N) is 1. The Kier molecular flexibility index (Phi) is 6.24. The van der Waals surface area contributed by atoms with Crippen molar-refractivity contribution >= 4 is 17.5 Å². The third kappa shape index (κ3) is 5.26. The number of halogens is 2. The Morgan fingerprint density at radius 3 is 2.42 bits per heavy atom. The first-order valence-electron chi connectivity index (χ1n) is 9.40. The van der Waals surface area contributed by atoms with E-state index in [-0.39, 0.29) is 12.5 Å². The van der Waals surface area contributed by atoms with Gasteiger partial charge in [-0.05, 0) is 54.1 Å². The molecule has 0 aliphatic rings. The van der Waals surface area contributed by atoms with Crippen LogP contribution in [0.25, 0.3) is 11.5 Å². The lowest BCUT2D eigenvalue weighted by Gasteiger charge is -2.16. The molecule has 8 heteroatoms. The molecule has 4 aromatic rings. The SMILES string of the molecule is O=C(COc1ccc(Cl)cc1)NC(c1ccc(F)cc1)c1nnc(-c2ccccc2)o1. The van der Waals surface area contributed by atoms with Gasteiger partial charge in [-0.3, -0.25) is 4.79 Å². The molecule has 156 valence electrons. The molecule has 1 atom stereocenters. The van der Waals surface area contributed by atoms with Crippen LogP contribution in [0.15, 0.2) is 83.3 Å². The molecular formula is C23H17ClFN3O3.